The molecule has 41 heavy (non-hydrogen) atoms. The molecule has 0 heterocycles. The topological polar surface area (TPSA) is 40.5 Å². The standard InChI is InChI=1S/C39H32O2/c1-39(2,37-21-19-33(40)25-35(37)31-17-9-15-29(23-31)27-11-5-3-6-12-27)38-22-20-34(41)26-36(38)32-18-10-16-30(24-32)28-13-7-4-8-14-28/h3-26,40-41H,1-2H3. The predicted molar refractivity (Wildman–Crippen MR) is 170 cm³/mol. The fraction of sp³-hybridized carbons (Fsp3) is 0.0769. The van der Waals surface area contributed by atoms with Crippen LogP contribution in [0.3, 0.4) is 0 Å². The van der Waals surface area contributed by atoms with E-state index in [1.165, 1.54) is 0 Å². The van der Waals surface area contributed by atoms with E-state index in [2.05, 4.69) is 86.6 Å². The summed E-state index contributed by atoms with van der Waals surface area (Å²) >= 11 is 0. The first-order valence-electron chi connectivity index (χ1n) is 13.9. The highest BCUT2D eigenvalue weighted by atomic mass is 16.3. The molecular formula is C39H32O2. The molecule has 6 rings (SSSR count). The van der Waals surface area contributed by atoms with Gasteiger partial charge in [0.2, 0.25) is 0 Å². The highest BCUT2D eigenvalue weighted by Crippen LogP contribution is 2.44. The summed E-state index contributed by atoms with van der Waals surface area (Å²) in [6.45, 7) is 4.42. The van der Waals surface area contributed by atoms with E-state index < -0.39 is 5.41 Å². The largest absolute Gasteiger partial charge is 0.508 e. The number of benzene rings is 6. The van der Waals surface area contributed by atoms with Crippen molar-refractivity contribution in [2.24, 2.45) is 0 Å². The lowest BCUT2D eigenvalue weighted by Gasteiger charge is -2.31. The summed E-state index contributed by atoms with van der Waals surface area (Å²) in [7, 11) is 0. The monoisotopic (exact) mass is 532 g/mol. The van der Waals surface area contributed by atoms with Crippen molar-refractivity contribution >= 4 is 0 Å². The molecule has 2 nitrogen and oxygen atoms in total. The van der Waals surface area contributed by atoms with E-state index in [9.17, 15) is 10.2 Å². The van der Waals surface area contributed by atoms with Gasteiger partial charge >= 0.3 is 0 Å². The molecule has 0 aromatic heterocycles. The molecule has 0 saturated carbocycles. The molecule has 0 aliphatic rings. The lowest BCUT2D eigenvalue weighted by atomic mass is 9.72. The molecule has 0 saturated heterocycles. The zero-order valence-corrected chi connectivity index (χ0v) is 23.3. The van der Waals surface area contributed by atoms with Gasteiger partial charge in [0.25, 0.3) is 0 Å². The minimum absolute atomic E-state index is 0.228. The smallest absolute Gasteiger partial charge is 0.116 e. The Morgan fingerprint density at radius 3 is 1.15 bits per heavy atom. The molecule has 0 spiro atoms. The summed E-state index contributed by atoms with van der Waals surface area (Å²) in [4.78, 5) is 0. The van der Waals surface area contributed by atoms with E-state index >= 15 is 0 Å². The molecule has 0 unspecified atom stereocenters. The number of hydrogen-bond acceptors (Lipinski definition) is 2. The number of phenolic OH excluding ortho intramolecular Hbond substituents is 2. The van der Waals surface area contributed by atoms with Crippen molar-refractivity contribution in [2.75, 3.05) is 0 Å². The Morgan fingerprint density at radius 1 is 0.366 bits per heavy atom. The molecule has 2 N–H and O–H groups in total. The Kier molecular flexibility index (Phi) is 6.91. The van der Waals surface area contributed by atoms with Crippen molar-refractivity contribution in [1.29, 1.82) is 0 Å². The summed E-state index contributed by atoms with van der Waals surface area (Å²) in [6, 6.07) is 48.9. The van der Waals surface area contributed by atoms with Crippen LogP contribution in [-0.2, 0) is 5.41 Å². The van der Waals surface area contributed by atoms with E-state index in [-0.39, 0.29) is 11.5 Å². The number of rotatable bonds is 6. The van der Waals surface area contributed by atoms with Gasteiger partial charge in [-0.1, -0.05) is 123 Å². The second-order valence-electron chi connectivity index (χ2n) is 11.0. The SMILES string of the molecule is CC(C)(c1ccc(O)cc1-c1cccc(-c2ccccc2)c1)c1ccc(O)cc1-c1cccc(-c2ccccc2)c1. The molecule has 0 atom stereocenters. The Balaban J connectivity index is 1.49. The lowest BCUT2D eigenvalue weighted by molar-refractivity contribution is 0.474. The van der Waals surface area contributed by atoms with Crippen LogP contribution in [0.25, 0.3) is 44.5 Å². The fourth-order valence-corrected chi connectivity index (χ4v) is 5.77. The summed E-state index contributed by atoms with van der Waals surface area (Å²) < 4.78 is 0. The third-order valence-corrected chi connectivity index (χ3v) is 7.91. The summed E-state index contributed by atoms with van der Waals surface area (Å²) in [5.74, 6) is 0.456. The van der Waals surface area contributed by atoms with Gasteiger partial charge in [0.1, 0.15) is 11.5 Å². The first-order valence-corrected chi connectivity index (χ1v) is 13.9. The van der Waals surface area contributed by atoms with E-state index in [0.29, 0.717) is 0 Å². The normalized spacial score (nSPS) is 11.4. The number of hydrogen-bond donors (Lipinski definition) is 2. The second-order valence-corrected chi connectivity index (χ2v) is 11.0. The maximum Gasteiger partial charge on any atom is 0.116 e. The molecule has 0 radical (unpaired) electrons. The van der Waals surface area contributed by atoms with Crippen LogP contribution in [0.1, 0.15) is 25.0 Å². The molecule has 0 fully saturated rings. The van der Waals surface area contributed by atoms with Crippen LogP contribution < -0.4 is 0 Å². The maximum absolute atomic E-state index is 10.6. The van der Waals surface area contributed by atoms with Gasteiger partial charge in [0.15, 0.2) is 0 Å². The minimum atomic E-state index is -0.461. The first kappa shape index (κ1) is 26.2. The van der Waals surface area contributed by atoms with Crippen LogP contribution in [-0.4, -0.2) is 10.2 Å². The fourth-order valence-electron chi connectivity index (χ4n) is 5.77. The van der Waals surface area contributed by atoms with E-state index in [1.807, 2.05) is 60.7 Å². The van der Waals surface area contributed by atoms with Gasteiger partial charge in [-0.15, -0.1) is 0 Å². The Labute approximate surface area is 241 Å². The zero-order valence-electron chi connectivity index (χ0n) is 23.3. The van der Waals surface area contributed by atoms with Crippen LogP contribution in [0.5, 0.6) is 11.5 Å². The maximum atomic E-state index is 10.6. The van der Waals surface area contributed by atoms with Crippen molar-refractivity contribution < 1.29 is 10.2 Å². The van der Waals surface area contributed by atoms with Crippen molar-refractivity contribution in [1.82, 2.24) is 0 Å². The number of aromatic hydroxyl groups is 2. The van der Waals surface area contributed by atoms with Gasteiger partial charge in [-0.05, 0) is 92.0 Å². The second kappa shape index (κ2) is 10.8. The Bertz CT molecular complexity index is 1680. The van der Waals surface area contributed by atoms with Crippen LogP contribution in [0.4, 0.5) is 0 Å². The molecule has 6 aromatic rings. The predicted octanol–water partition coefficient (Wildman–Crippen LogP) is 10.1. The minimum Gasteiger partial charge on any atom is -0.508 e. The average Bonchev–Trinajstić information content (AvgIpc) is 3.02. The molecule has 0 aliphatic carbocycles. The average molecular weight is 533 g/mol. The molecule has 0 aliphatic heterocycles. The van der Waals surface area contributed by atoms with Crippen LogP contribution in [0, 0.1) is 0 Å². The highest BCUT2D eigenvalue weighted by Gasteiger charge is 2.30. The molecular weight excluding hydrogens is 500 g/mol. The van der Waals surface area contributed by atoms with E-state index in [4.69, 9.17) is 0 Å². The lowest BCUT2D eigenvalue weighted by Crippen LogP contribution is -2.21. The van der Waals surface area contributed by atoms with Gasteiger partial charge in [0.05, 0.1) is 0 Å². The third-order valence-electron chi connectivity index (χ3n) is 7.91. The Morgan fingerprint density at radius 2 is 0.732 bits per heavy atom. The quantitative estimate of drug-likeness (QED) is 0.224. The highest BCUT2D eigenvalue weighted by molar-refractivity contribution is 5.80. The summed E-state index contributed by atoms with van der Waals surface area (Å²) in [5, 5.41) is 21.2. The first-order chi connectivity index (χ1) is 19.9. The van der Waals surface area contributed by atoms with Crippen molar-refractivity contribution in [2.45, 2.75) is 19.3 Å². The van der Waals surface area contributed by atoms with Crippen molar-refractivity contribution in [3.63, 3.8) is 0 Å². The third kappa shape index (κ3) is 5.25. The van der Waals surface area contributed by atoms with E-state index in [0.717, 1.165) is 55.6 Å². The van der Waals surface area contributed by atoms with Crippen LogP contribution >= 0.6 is 0 Å². The van der Waals surface area contributed by atoms with Crippen molar-refractivity contribution in [3.05, 3.63) is 157 Å². The number of phenols is 2. The molecule has 0 amide bonds. The Hall–Kier alpha value is -5.08. The molecule has 2 heteroatoms. The van der Waals surface area contributed by atoms with Gasteiger partial charge < -0.3 is 10.2 Å². The molecule has 0 bridgehead atoms. The summed E-state index contributed by atoms with van der Waals surface area (Å²) in [6.07, 6.45) is 0. The summed E-state index contributed by atoms with van der Waals surface area (Å²) in [5.41, 5.74) is 10.3. The zero-order chi connectivity index (χ0) is 28.4. The van der Waals surface area contributed by atoms with Crippen molar-refractivity contribution in [3.8, 4) is 56.0 Å². The molecule has 200 valence electrons. The molecule has 6 aromatic carbocycles. The van der Waals surface area contributed by atoms with Crippen LogP contribution in [0.15, 0.2) is 146 Å². The van der Waals surface area contributed by atoms with Gasteiger partial charge in [0, 0.05) is 5.41 Å². The van der Waals surface area contributed by atoms with Crippen LogP contribution in [0.2, 0.25) is 0 Å². The van der Waals surface area contributed by atoms with Gasteiger partial charge in [-0.3, -0.25) is 0 Å². The van der Waals surface area contributed by atoms with Gasteiger partial charge in [-0.25, -0.2) is 0 Å². The van der Waals surface area contributed by atoms with Gasteiger partial charge in [-0.2, -0.15) is 0 Å². The van der Waals surface area contributed by atoms with E-state index in [1.54, 1.807) is 12.1 Å².